The molecular weight excluding hydrogens is 381 g/mol. The van der Waals surface area contributed by atoms with Gasteiger partial charge in [-0.25, -0.2) is 0 Å². The van der Waals surface area contributed by atoms with E-state index in [2.05, 4.69) is 53.6 Å². The van der Waals surface area contributed by atoms with Crippen molar-refractivity contribution in [1.82, 2.24) is 10.2 Å². The number of hydrogen-bond acceptors (Lipinski definition) is 2. The van der Waals surface area contributed by atoms with Crippen LogP contribution in [0.5, 0.6) is 0 Å². The summed E-state index contributed by atoms with van der Waals surface area (Å²) in [5.74, 6) is 1.74. The Hall–Kier alpha value is -0.300. The quantitative estimate of drug-likeness (QED) is 0.421. The fraction of sp³-hybridized carbons (Fsp3) is 0.667. The molecule has 1 N–H and O–H groups in total. The van der Waals surface area contributed by atoms with E-state index in [9.17, 15) is 0 Å². The first kappa shape index (κ1) is 19.7. The van der Waals surface area contributed by atoms with Crippen molar-refractivity contribution in [3.05, 3.63) is 22.4 Å². The van der Waals surface area contributed by atoms with E-state index in [1.54, 1.807) is 0 Å². The third-order valence-electron chi connectivity index (χ3n) is 3.55. The molecule has 0 atom stereocenters. The summed E-state index contributed by atoms with van der Waals surface area (Å²) >= 11 is 1.82. The zero-order valence-corrected chi connectivity index (χ0v) is 16.2. The van der Waals surface area contributed by atoms with Crippen molar-refractivity contribution in [2.75, 3.05) is 27.2 Å². The second kappa shape index (κ2) is 11.4. The van der Waals surface area contributed by atoms with Gasteiger partial charge in [0.2, 0.25) is 0 Å². The molecule has 1 heterocycles. The highest BCUT2D eigenvalue weighted by molar-refractivity contribution is 14.0. The molecule has 0 spiro atoms. The van der Waals surface area contributed by atoms with E-state index in [0.29, 0.717) is 0 Å². The van der Waals surface area contributed by atoms with Crippen LogP contribution >= 0.6 is 35.3 Å². The summed E-state index contributed by atoms with van der Waals surface area (Å²) in [7, 11) is 3.96. The maximum absolute atomic E-state index is 4.36. The molecule has 0 aliphatic carbocycles. The molecule has 0 aromatic carbocycles. The molecule has 0 bridgehead atoms. The summed E-state index contributed by atoms with van der Waals surface area (Å²) in [4.78, 5) is 8.01. The maximum atomic E-state index is 4.36. The molecule has 0 saturated heterocycles. The molecule has 1 rings (SSSR count). The van der Waals surface area contributed by atoms with Crippen LogP contribution in [0.4, 0.5) is 0 Å². The Bertz CT molecular complexity index is 361. The molecule has 20 heavy (non-hydrogen) atoms. The van der Waals surface area contributed by atoms with Crippen molar-refractivity contribution in [3.63, 3.8) is 0 Å². The molecular formula is C15H28IN3S. The number of likely N-dealkylation sites (N-methyl/N-ethyl adjacent to an activating group) is 1. The van der Waals surface area contributed by atoms with Crippen molar-refractivity contribution in [2.24, 2.45) is 10.9 Å². The van der Waals surface area contributed by atoms with E-state index in [1.807, 2.05) is 18.4 Å². The molecule has 1 aromatic heterocycles. The zero-order chi connectivity index (χ0) is 14.1. The van der Waals surface area contributed by atoms with E-state index in [-0.39, 0.29) is 24.0 Å². The minimum Gasteiger partial charge on any atom is -0.356 e. The molecule has 5 heteroatoms. The first-order valence-electron chi connectivity index (χ1n) is 7.15. The molecule has 0 fully saturated rings. The average Bonchev–Trinajstić information content (AvgIpc) is 2.94. The summed E-state index contributed by atoms with van der Waals surface area (Å²) in [6.45, 7) is 6.52. The number of hydrogen-bond donors (Lipinski definition) is 1. The lowest BCUT2D eigenvalue weighted by molar-refractivity contribution is 0.446. The number of aliphatic imine (C=N–C) groups is 1. The summed E-state index contributed by atoms with van der Waals surface area (Å²) in [6, 6.07) is 4.30. The molecule has 0 radical (unpaired) electrons. The van der Waals surface area contributed by atoms with Crippen LogP contribution in [-0.4, -0.2) is 38.0 Å². The average molecular weight is 409 g/mol. The van der Waals surface area contributed by atoms with Crippen LogP contribution in [0.2, 0.25) is 0 Å². The first-order chi connectivity index (χ1) is 9.21. The van der Waals surface area contributed by atoms with Crippen LogP contribution in [-0.2, 0) is 6.42 Å². The Balaban J connectivity index is 0.00000361. The van der Waals surface area contributed by atoms with Gasteiger partial charge in [-0.3, -0.25) is 4.99 Å². The summed E-state index contributed by atoms with van der Waals surface area (Å²) in [5.41, 5.74) is 0. The van der Waals surface area contributed by atoms with E-state index in [4.69, 9.17) is 0 Å². The van der Waals surface area contributed by atoms with Gasteiger partial charge in [0.1, 0.15) is 0 Å². The first-order valence-corrected chi connectivity index (χ1v) is 8.03. The highest BCUT2D eigenvalue weighted by Gasteiger charge is 2.09. The smallest absolute Gasteiger partial charge is 0.193 e. The van der Waals surface area contributed by atoms with Crippen LogP contribution in [0, 0.1) is 5.92 Å². The lowest BCUT2D eigenvalue weighted by Gasteiger charge is -2.23. The zero-order valence-electron chi connectivity index (χ0n) is 13.1. The van der Waals surface area contributed by atoms with Gasteiger partial charge in [-0.15, -0.1) is 35.3 Å². The standard InChI is InChI=1S/C15H27N3S.HI/c1-5-13(6-2)12-17-15(16-3)18(4)10-9-14-8-7-11-19-14;/h7-8,11,13H,5-6,9-10,12H2,1-4H3,(H,16,17);1H. The molecule has 1 aromatic rings. The topological polar surface area (TPSA) is 27.6 Å². The lowest BCUT2D eigenvalue weighted by atomic mass is 10.0. The van der Waals surface area contributed by atoms with Crippen molar-refractivity contribution in [1.29, 1.82) is 0 Å². The highest BCUT2D eigenvalue weighted by atomic mass is 127. The molecule has 0 aliphatic heterocycles. The van der Waals surface area contributed by atoms with Crippen LogP contribution in [0.1, 0.15) is 31.6 Å². The minimum atomic E-state index is 0. The number of guanidine groups is 1. The normalized spacial score (nSPS) is 11.3. The van der Waals surface area contributed by atoms with E-state index in [1.165, 1.54) is 17.7 Å². The molecule has 116 valence electrons. The van der Waals surface area contributed by atoms with Crippen LogP contribution in [0.25, 0.3) is 0 Å². The Morgan fingerprint density at radius 1 is 1.40 bits per heavy atom. The Morgan fingerprint density at radius 3 is 2.60 bits per heavy atom. The number of rotatable bonds is 7. The van der Waals surface area contributed by atoms with E-state index in [0.717, 1.165) is 31.4 Å². The van der Waals surface area contributed by atoms with Crippen molar-refractivity contribution in [2.45, 2.75) is 33.1 Å². The molecule has 0 amide bonds. The van der Waals surface area contributed by atoms with Crippen molar-refractivity contribution in [3.8, 4) is 0 Å². The number of nitrogens with zero attached hydrogens (tertiary/aromatic N) is 2. The fourth-order valence-electron chi connectivity index (χ4n) is 2.04. The fourth-order valence-corrected chi connectivity index (χ4v) is 2.73. The van der Waals surface area contributed by atoms with E-state index < -0.39 is 0 Å². The number of thiophene rings is 1. The monoisotopic (exact) mass is 409 g/mol. The van der Waals surface area contributed by atoms with Gasteiger partial charge >= 0.3 is 0 Å². The second-order valence-corrected chi connectivity index (χ2v) is 5.89. The van der Waals surface area contributed by atoms with Gasteiger partial charge in [0.15, 0.2) is 5.96 Å². The summed E-state index contributed by atoms with van der Waals surface area (Å²) in [5, 5.41) is 5.61. The second-order valence-electron chi connectivity index (χ2n) is 4.86. The minimum absolute atomic E-state index is 0. The molecule has 0 saturated carbocycles. The van der Waals surface area contributed by atoms with Gasteiger partial charge < -0.3 is 10.2 Å². The summed E-state index contributed by atoms with van der Waals surface area (Å²) < 4.78 is 0. The third kappa shape index (κ3) is 6.92. The van der Waals surface area contributed by atoms with Gasteiger partial charge in [0, 0.05) is 32.1 Å². The highest BCUT2D eigenvalue weighted by Crippen LogP contribution is 2.09. The maximum Gasteiger partial charge on any atom is 0.193 e. The van der Waals surface area contributed by atoms with Gasteiger partial charge in [0.05, 0.1) is 0 Å². The van der Waals surface area contributed by atoms with Gasteiger partial charge in [-0.1, -0.05) is 32.8 Å². The largest absolute Gasteiger partial charge is 0.356 e. The molecule has 0 unspecified atom stereocenters. The van der Waals surface area contributed by atoms with E-state index >= 15 is 0 Å². The van der Waals surface area contributed by atoms with Crippen LogP contribution in [0.3, 0.4) is 0 Å². The SMILES string of the molecule is CCC(CC)CNC(=NC)N(C)CCc1cccs1.I. The third-order valence-corrected chi connectivity index (χ3v) is 4.49. The lowest BCUT2D eigenvalue weighted by Crippen LogP contribution is -2.41. The number of halogens is 1. The van der Waals surface area contributed by atoms with Gasteiger partial charge in [0.25, 0.3) is 0 Å². The summed E-state index contributed by atoms with van der Waals surface area (Å²) in [6.07, 6.45) is 3.53. The van der Waals surface area contributed by atoms with Crippen molar-refractivity contribution < 1.29 is 0 Å². The Labute approximate surface area is 144 Å². The van der Waals surface area contributed by atoms with Crippen LogP contribution in [0.15, 0.2) is 22.5 Å². The predicted octanol–water partition coefficient (Wildman–Crippen LogP) is 3.85. The number of nitrogens with one attached hydrogen (secondary N) is 1. The Kier molecular flexibility index (Phi) is 11.2. The van der Waals surface area contributed by atoms with Crippen LogP contribution < -0.4 is 5.32 Å². The van der Waals surface area contributed by atoms with Gasteiger partial charge in [-0.05, 0) is 23.8 Å². The predicted molar refractivity (Wildman–Crippen MR) is 102 cm³/mol. The van der Waals surface area contributed by atoms with Crippen molar-refractivity contribution >= 4 is 41.3 Å². The molecule has 0 aliphatic rings. The molecule has 3 nitrogen and oxygen atoms in total. The van der Waals surface area contributed by atoms with Gasteiger partial charge in [-0.2, -0.15) is 0 Å². The Morgan fingerprint density at radius 2 is 2.10 bits per heavy atom.